The van der Waals surface area contributed by atoms with Crippen LogP contribution in [0.4, 0.5) is 108 Å². The van der Waals surface area contributed by atoms with Crippen molar-refractivity contribution < 1.29 is 51.7 Å². The zero-order valence-electron chi connectivity index (χ0n) is 56.4. The van der Waals surface area contributed by atoms with Crippen molar-refractivity contribution in [2.75, 3.05) is 95.9 Å². The molecule has 13 heteroatoms. The number of rotatable bonds is 3. The predicted molar refractivity (Wildman–Crippen MR) is 332 cm³/mol. The number of anilines is 19. The Balaban J connectivity index is 0.973. The summed E-state index contributed by atoms with van der Waals surface area (Å²) in [5.74, 6) is 0. The van der Waals surface area contributed by atoms with Crippen LogP contribution in [0.5, 0.6) is 0 Å². The molecule has 9 aromatic carbocycles. The third-order valence-corrected chi connectivity index (χ3v) is 21.1. The van der Waals surface area contributed by atoms with Crippen LogP contribution in [0, 0.1) is 24.3 Å². The van der Waals surface area contributed by atoms with Gasteiger partial charge in [-0.1, -0.05) is 0 Å². The first-order valence-corrected chi connectivity index (χ1v) is 30.7. The second-order valence-corrected chi connectivity index (χ2v) is 26.4. The van der Waals surface area contributed by atoms with Crippen LogP contribution in [0.15, 0.2) is 182 Å². The van der Waals surface area contributed by atoms with Crippen molar-refractivity contribution in [3.8, 4) is 0 Å². The van der Waals surface area contributed by atoms with E-state index in [4.69, 9.17) is 12.3 Å². The first-order valence-electron chi connectivity index (χ1n) is 32.1. The summed E-state index contributed by atoms with van der Waals surface area (Å²) in [6.45, 7) is -4.37. The van der Waals surface area contributed by atoms with Gasteiger partial charge in [0.15, 0.2) is 0 Å². The number of hydrogen-bond donors (Lipinski definition) is 0. The fourth-order valence-corrected chi connectivity index (χ4v) is 17.2. The number of fused-ring (bicyclic) bond motifs is 24. The van der Waals surface area contributed by atoms with Crippen molar-refractivity contribution in [3.05, 3.63) is 212 Å². The minimum absolute atomic E-state index is 0.406. The van der Waals surface area contributed by atoms with Gasteiger partial charge in [-0.2, -0.15) is 0 Å². The number of para-hydroxylation sites is 8. The predicted octanol–water partition coefficient (Wildman–Crippen LogP) is 14.1. The third kappa shape index (κ3) is 7.76. The van der Waals surface area contributed by atoms with Crippen LogP contribution in [0.1, 0.15) is 42.8 Å². The summed E-state index contributed by atoms with van der Waals surface area (Å²) >= 11 is -3.46. The topological polar surface area (TPSA) is 35.6 Å². The van der Waals surface area contributed by atoms with E-state index in [1.807, 2.05) is 189 Å². The van der Waals surface area contributed by atoms with Crippen LogP contribution >= 0.6 is 0 Å². The Bertz CT molecular complexity index is 4740. The van der Waals surface area contributed by atoms with Crippen molar-refractivity contribution in [2.45, 2.75) is 26.2 Å². The Labute approximate surface area is 507 Å². The molecule has 0 aromatic heterocycles. The van der Waals surface area contributed by atoms with Gasteiger partial charge >= 0.3 is 510 Å². The molecule has 0 radical (unpaired) electrons. The molecule has 6 aliphatic rings. The number of hydrogen-bond acceptors (Lipinski definition) is 11. The molecule has 0 N–H and O–H groups in total. The molecule has 81 heavy (non-hydrogen) atoms. The summed E-state index contributed by atoms with van der Waals surface area (Å²) in [4.78, 5) is 19.4. The van der Waals surface area contributed by atoms with Gasteiger partial charge < -0.3 is 0 Å². The second-order valence-electron chi connectivity index (χ2n) is 21.2. The van der Waals surface area contributed by atoms with Gasteiger partial charge in [-0.25, -0.2) is 0 Å². The molecule has 0 spiro atoms. The monoisotopic (exact) mass is 1430 g/mol. The van der Waals surface area contributed by atoms with Crippen molar-refractivity contribution in [1.29, 1.82) is 0 Å². The quantitative estimate of drug-likeness (QED) is 0.159. The maximum atomic E-state index is 9.18. The van der Waals surface area contributed by atoms with Gasteiger partial charge in [-0.15, -0.1) is 0 Å². The van der Waals surface area contributed by atoms with E-state index in [1.165, 1.54) is 19.6 Å². The van der Waals surface area contributed by atoms with E-state index in [1.54, 1.807) is 30.3 Å². The summed E-state index contributed by atoms with van der Waals surface area (Å²) in [6, 6.07) is 72.2. The zero-order valence-corrected chi connectivity index (χ0v) is 48.9. The van der Waals surface area contributed by atoms with Crippen LogP contribution in [0.2, 0.25) is 0 Å². The Morgan fingerprint density at radius 1 is 0.346 bits per heavy atom. The van der Waals surface area contributed by atoms with E-state index in [-0.39, 0.29) is 0 Å². The first-order chi connectivity index (χ1) is 44.1. The summed E-state index contributed by atoms with van der Waals surface area (Å²) in [6.07, 6.45) is 0. The van der Waals surface area contributed by atoms with Crippen LogP contribution < -0.4 is 53.9 Å². The minimum atomic E-state index is -2.69. The zero-order chi connectivity index (χ0) is 65.2. The van der Waals surface area contributed by atoms with E-state index >= 15 is 0 Å². The van der Waals surface area contributed by atoms with Gasteiger partial charge in [0.05, 0.1) is 0 Å². The van der Waals surface area contributed by atoms with Gasteiger partial charge in [0.25, 0.3) is 0 Å². The molecule has 11 nitrogen and oxygen atoms in total. The summed E-state index contributed by atoms with van der Waals surface area (Å²) in [5, 5.41) is 0. The fourth-order valence-electron chi connectivity index (χ4n) is 11.0. The Hall–Kier alpha value is -8.36. The second kappa shape index (κ2) is 18.6. The summed E-state index contributed by atoms with van der Waals surface area (Å²) in [7, 11) is 3.88. The molecule has 6 heterocycles. The van der Waals surface area contributed by atoms with Gasteiger partial charge in [-0.05, 0) is 0 Å². The van der Waals surface area contributed by atoms with Crippen LogP contribution in [0.3, 0.4) is 0 Å². The van der Waals surface area contributed by atoms with E-state index in [9.17, 15) is 4.11 Å². The first kappa shape index (κ1) is 38.3. The van der Waals surface area contributed by atoms with Crippen LogP contribution in [-0.4, -0.2) is 58.6 Å². The normalized spacial score (nSPS) is 18.8. The summed E-state index contributed by atoms with van der Waals surface area (Å²) < 4.78 is 111. The van der Waals surface area contributed by atoms with E-state index < -0.39 is 68.6 Å². The molecule has 9 aromatic rings. The molecule has 408 valence electrons. The standard InChI is InChI=1S/C68H57N11.2Pt/c1-68(2,3)48-36-56(76-46-72(8)62-26-12-16-30-66(62)76)42-58(37-48)78(53-22-18-20-51(38-53)74-44-70(6)60-24-10-14-28-64(60)74)49-32-34-50(35-33-49)79(54-23-19-21-52(39-54)75-45-71(7)61-25-11-15-29-65(61)75)59-41-55(69(4)5)40-57(43-59)77-47-73(9)63-27-13-17-31-67(63)77;;/h10-37,40-41H,1-9H3;;/q-4;;/i6D3,7D3,8D3,9D3;;. The molecule has 6 aliphatic heterocycles. The molecule has 15 rings (SSSR count). The Morgan fingerprint density at radius 2 is 0.630 bits per heavy atom. The molecule has 0 aliphatic carbocycles. The van der Waals surface area contributed by atoms with Crippen LogP contribution in [0.25, 0.3) is 0 Å². The van der Waals surface area contributed by atoms with E-state index in [2.05, 4.69) is 56.0 Å². The Morgan fingerprint density at radius 3 is 0.963 bits per heavy atom. The molecule has 0 unspecified atom stereocenters. The summed E-state index contributed by atoms with van der Waals surface area (Å²) in [5.41, 5.74) is 11.4. The van der Waals surface area contributed by atoms with Crippen molar-refractivity contribution >= 4 is 125 Å². The molecule has 0 atom stereocenters. The van der Waals surface area contributed by atoms with Gasteiger partial charge in [0, 0.05) is 0 Å². The van der Waals surface area contributed by atoms with E-state index in [0.29, 0.717) is 119 Å². The molecule has 8 bridgehead atoms. The average Bonchev–Trinajstić information content (AvgIpc) is 1.59. The van der Waals surface area contributed by atoms with Crippen LogP contribution in [-0.2, 0) is 40.7 Å². The molecule has 0 fully saturated rings. The molecular weight excluding hydrogens is 1360 g/mol. The molecule has 0 saturated heterocycles. The SMILES string of the molecule is [2H]C([2H])([2H])N1[C]2=[Pt]=[C]3N(c4[c-]c(cc(N(C)C)c4)N(c4ccc(N5c6[c-]c(ccc6)N6[C](=[Pt]=[C]7N(c8[c-]c5cc(C(C)(C)C)c8)c5ccccc5N7C([2H])([2H])[2H])N(C([2H])([2H])[2H])c5ccccc56)cc4)c4[c-]c(ccc4)N2c2ccccc21)c1ccccc1N3C([2H])([2H])[2H]. The Kier molecular flexibility index (Phi) is 8.80. The number of nitrogens with zero attached hydrogens (tertiary/aromatic N) is 11. The molecular formula is C68H57N11Pt2-4. The third-order valence-electron chi connectivity index (χ3n) is 15.0. The average molecular weight is 1430 g/mol. The van der Waals surface area contributed by atoms with Crippen molar-refractivity contribution in [1.82, 2.24) is 0 Å². The van der Waals surface area contributed by atoms with Gasteiger partial charge in [0.2, 0.25) is 0 Å². The van der Waals surface area contributed by atoms with Gasteiger partial charge in [-0.3, -0.25) is 0 Å². The van der Waals surface area contributed by atoms with Gasteiger partial charge in [0.1, 0.15) is 0 Å². The molecule has 0 amide bonds. The number of benzene rings is 9. The van der Waals surface area contributed by atoms with Crippen molar-refractivity contribution in [2.24, 2.45) is 0 Å². The van der Waals surface area contributed by atoms with Crippen molar-refractivity contribution in [3.63, 3.8) is 0 Å². The maximum absolute atomic E-state index is 9.18. The molecule has 0 saturated carbocycles. The van der Waals surface area contributed by atoms with E-state index in [0.717, 1.165) is 11.3 Å². The fraction of sp³-hybridized carbons (Fsp3) is 0.147.